The van der Waals surface area contributed by atoms with Crippen molar-refractivity contribution in [3.63, 3.8) is 0 Å². The number of nitrogens with one attached hydrogen (secondary N) is 1. The van der Waals surface area contributed by atoms with Crippen molar-refractivity contribution >= 4 is 21.8 Å². The van der Waals surface area contributed by atoms with E-state index in [-0.39, 0.29) is 17.5 Å². The SMILES string of the molecule is O=C(NC(C1CC1)C1CC1)c1c(F)cccc1Br. The third-order valence-electron chi connectivity index (χ3n) is 3.75. The van der Waals surface area contributed by atoms with E-state index in [4.69, 9.17) is 0 Å². The second-order valence-corrected chi connectivity index (χ2v) is 6.13. The number of carbonyl (C=O) groups excluding carboxylic acids is 1. The number of hydrogen-bond acceptors (Lipinski definition) is 1. The number of rotatable bonds is 4. The first-order chi connectivity index (χ1) is 8.66. The molecule has 3 rings (SSSR count). The van der Waals surface area contributed by atoms with E-state index < -0.39 is 5.82 Å². The quantitative estimate of drug-likeness (QED) is 0.906. The molecule has 0 bridgehead atoms. The molecule has 2 saturated carbocycles. The topological polar surface area (TPSA) is 29.1 Å². The highest BCUT2D eigenvalue weighted by Crippen LogP contribution is 2.44. The van der Waals surface area contributed by atoms with Crippen molar-refractivity contribution in [3.8, 4) is 0 Å². The molecule has 18 heavy (non-hydrogen) atoms. The van der Waals surface area contributed by atoms with Gasteiger partial charge in [0.05, 0.1) is 5.56 Å². The molecule has 4 heteroatoms. The van der Waals surface area contributed by atoms with Crippen LogP contribution in [-0.2, 0) is 0 Å². The Morgan fingerprint density at radius 1 is 1.28 bits per heavy atom. The normalized spacial score (nSPS) is 19.1. The lowest BCUT2D eigenvalue weighted by molar-refractivity contribution is 0.0921. The predicted molar refractivity (Wildman–Crippen MR) is 70.8 cm³/mol. The molecule has 2 nitrogen and oxygen atoms in total. The lowest BCUT2D eigenvalue weighted by atomic mass is 10.1. The molecular weight excluding hydrogens is 297 g/mol. The van der Waals surface area contributed by atoms with Crippen LogP contribution in [0.3, 0.4) is 0 Å². The minimum absolute atomic E-state index is 0.129. The van der Waals surface area contributed by atoms with Gasteiger partial charge in [-0.2, -0.15) is 0 Å². The predicted octanol–water partition coefficient (Wildman–Crippen LogP) is 3.51. The zero-order valence-corrected chi connectivity index (χ0v) is 11.5. The summed E-state index contributed by atoms with van der Waals surface area (Å²) < 4.78 is 14.2. The van der Waals surface area contributed by atoms with E-state index >= 15 is 0 Å². The molecule has 2 fully saturated rings. The van der Waals surface area contributed by atoms with E-state index in [2.05, 4.69) is 21.2 Å². The molecule has 0 unspecified atom stereocenters. The van der Waals surface area contributed by atoms with Crippen LogP contribution in [-0.4, -0.2) is 11.9 Å². The summed E-state index contributed by atoms with van der Waals surface area (Å²) in [6.07, 6.45) is 4.78. The first kappa shape index (κ1) is 12.2. The smallest absolute Gasteiger partial charge is 0.255 e. The maximum atomic E-state index is 13.7. The van der Waals surface area contributed by atoms with Crippen molar-refractivity contribution in [2.24, 2.45) is 11.8 Å². The highest BCUT2D eigenvalue weighted by atomic mass is 79.9. The van der Waals surface area contributed by atoms with Gasteiger partial charge in [-0.05, 0) is 65.6 Å². The fourth-order valence-electron chi connectivity index (χ4n) is 2.47. The molecule has 1 amide bonds. The minimum Gasteiger partial charge on any atom is -0.349 e. The van der Waals surface area contributed by atoms with Crippen LogP contribution in [0.25, 0.3) is 0 Å². The van der Waals surface area contributed by atoms with Crippen LogP contribution in [0.4, 0.5) is 4.39 Å². The van der Waals surface area contributed by atoms with E-state index in [0.717, 1.165) is 0 Å². The summed E-state index contributed by atoms with van der Waals surface area (Å²) in [5.41, 5.74) is 0.129. The summed E-state index contributed by atoms with van der Waals surface area (Å²) in [6, 6.07) is 4.86. The van der Waals surface area contributed by atoms with Crippen molar-refractivity contribution in [2.75, 3.05) is 0 Å². The maximum Gasteiger partial charge on any atom is 0.255 e. The molecule has 0 spiro atoms. The molecule has 1 aromatic carbocycles. The highest BCUT2D eigenvalue weighted by Gasteiger charge is 2.42. The summed E-state index contributed by atoms with van der Waals surface area (Å²) in [7, 11) is 0. The average Bonchev–Trinajstić information content (AvgIpc) is 3.17. The molecule has 2 aliphatic carbocycles. The monoisotopic (exact) mass is 311 g/mol. The van der Waals surface area contributed by atoms with E-state index in [1.54, 1.807) is 12.1 Å². The van der Waals surface area contributed by atoms with Gasteiger partial charge in [0, 0.05) is 10.5 Å². The molecule has 0 heterocycles. The molecule has 0 saturated heterocycles. The van der Waals surface area contributed by atoms with Gasteiger partial charge in [0.1, 0.15) is 5.82 Å². The summed E-state index contributed by atoms with van der Waals surface area (Å²) in [6.45, 7) is 0. The Morgan fingerprint density at radius 2 is 1.89 bits per heavy atom. The minimum atomic E-state index is -0.466. The second kappa shape index (κ2) is 4.65. The van der Waals surface area contributed by atoms with Gasteiger partial charge < -0.3 is 5.32 Å². The van der Waals surface area contributed by atoms with Crippen LogP contribution >= 0.6 is 15.9 Å². The standard InChI is InChI=1S/C14H15BrFNO/c15-10-2-1-3-11(16)12(10)14(18)17-13(8-4-5-8)9-6-7-9/h1-3,8-9,13H,4-7H2,(H,17,18). The summed E-state index contributed by atoms with van der Waals surface area (Å²) in [5.74, 6) is 0.481. The Labute approximate surface area is 114 Å². The van der Waals surface area contributed by atoms with Crippen LogP contribution in [0.5, 0.6) is 0 Å². The van der Waals surface area contributed by atoms with Crippen molar-refractivity contribution in [3.05, 3.63) is 34.1 Å². The Hall–Kier alpha value is -0.900. The van der Waals surface area contributed by atoms with E-state index in [1.807, 2.05) is 0 Å². The largest absolute Gasteiger partial charge is 0.349 e. The second-order valence-electron chi connectivity index (χ2n) is 5.27. The fraction of sp³-hybridized carbons (Fsp3) is 0.500. The first-order valence-electron chi connectivity index (χ1n) is 6.41. The number of hydrogen-bond donors (Lipinski definition) is 1. The Bertz CT molecular complexity index is 450. The van der Waals surface area contributed by atoms with Crippen molar-refractivity contribution in [2.45, 2.75) is 31.7 Å². The molecule has 0 aromatic heterocycles. The van der Waals surface area contributed by atoms with Gasteiger partial charge in [-0.15, -0.1) is 0 Å². The van der Waals surface area contributed by atoms with Crippen molar-refractivity contribution in [1.29, 1.82) is 0 Å². The third-order valence-corrected chi connectivity index (χ3v) is 4.41. The van der Waals surface area contributed by atoms with Crippen molar-refractivity contribution in [1.82, 2.24) is 5.32 Å². The summed E-state index contributed by atoms with van der Waals surface area (Å²) in [4.78, 5) is 12.2. The van der Waals surface area contributed by atoms with Crippen molar-refractivity contribution < 1.29 is 9.18 Å². The van der Waals surface area contributed by atoms with Gasteiger partial charge in [0.25, 0.3) is 5.91 Å². The molecule has 1 aromatic rings. The molecule has 0 atom stereocenters. The Morgan fingerprint density at radius 3 is 2.39 bits per heavy atom. The van der Waals surface area contributed by atoms with Gasteiger partial charge >= 0.3 is 0 Å². The van der Waals surface area contributed by atoms with Crippen LogP contribution in [0, 0.1) is 17.7 Å². The van der Waals surface area contributed by atoms with Gasteiger partial charge in [0.15, 0.2) is 0 Å². The molecular formula is C14H15BrFNO. The van der Waals surface area contributed by atoms with Gasteiger partial charge in [-0.1, -0.05) is 6.07 Å². The van der Waals surface area contributed by atoms with Gasteiger partial charge in [0.2, 0.25) is 0 Å². The Kier molecular flexibility index (Phi) is 3.14. The van der Waals surface area contributed by atoms with Crippen LogP contribution < -0.4 is 5.32 Å². The molecule has 0 aliphatic heterocycles. The number of benzene rings is 1. The van der Waals surface area contributed by atoms with Crippen LogP contribution in [0.2, 0.25) is 0 Å². The summed E-state index contributed by atoms with van der Waals surface area (Å²) >= 11 is 3.24. The molecule has 1 N–H and O–H groups in total. The third kappa shape index (κ3) is 2.44. The molecule has 0 radical (unpaired) electrons. The first-order valence-corrected chi connectivity index (χ1v) is 7.21. The van der Waals surface area contributed by atoms with Crippen LogP contribution in [0.15, 0.2) is 22.7 Å². The lowest BCUT2D eigenvalue weighted by Crippen LogP contribution is -2.38. The van der Waals surface area contributed by atoms with E-state index in [1.165, 1.54) is 31.7 Å². The highest BCUT2D eigenvalue weighted by molar-refractivity contribution is 9.10. The lowest BCUT2D eigenvalue weighted by Gasteiger charge is -2.18. The number of halogens is 2. The summed E-state index contributed by atoms with van der Waals surface area (Å²) in [5, 5.41) is 3.03. The average molecular weight is 312 g/mol. The molecule has 2 aliphatic rings. The number of carbonyl (C=O) groups is 1. The molecule has 96 valence electrons. The fourth-order valence-corrected chi connectivity index (χ4v) is 2.99. The van der Waals surface area contributed by atoms with E-state index in [0.29, 0.717) is 16.3 Å². The maximum absolute atomic E-state index is 13.7. The number of amides is 1. The van der Waals surface area contributed by atoms with E-state index in [9.17, 15) is 9.18 Å². The van der Waals surface area contributed by atoms with Gasteiger partial charge in [-0.3, -0.25) is 4.79 Å². The Balaban J connectivity index is 1.77. The zero-order chi connectivity index (χ0) is 12.7. The van der Waals surface area contributed by atoms with Crippen LogP contribution in [0.1, 0.15) is 36.0 Å². The zero-order valence-electron chi connectivity index (χ0n) is 9.96. The van der Waals surface area contributed by atoms with Gasteiger partial charge in [-0.25, -0.2) is 4.39 Å².